The van der Waals surface area contributed by atoms with E-state index in [1.165, 1.54) is 25.2 Å². The topological polar surface area (TPSA) is 115 Å². The number of hydrogen-bond donors (Lipinski definition) is 2. The molecule has 2 aromatic carbocycles. The molecule has 0 unspecified atom stereocenters. The number of halogens is 4. The number of amides is 2. The normalized spacial score (nSPS) is 12.8. The summed E-state index contributed by atoms with van der Waals surface area (Å²) in [4.78, 5) is 37.8. The van der Waals surface area contributed by atoms with E-state index in [9.17, 15) is 27.2 Å². The fourth-order valence-corrected chi connectivity index (χ4v) is 3.62. The van der Waals surface area contributed by atoms with Gasteiger partial charge in [0.15, 0.2) is 0 Å². The zero-order chi connectivity index (χ0) is 26.9. The molecule has 1 aliphatic rings. The van der Waals surface area contributed by atoms with E-state index in [1.807, 2.05) is 5.48 Å². The lowest BCUT2D eigenvalue weighted by Crippen LogP contribution is -2.23. The summed E-state index contributed by atoms with van der Waals surface area (Å²) in [7, 11) is 3.96. The number of hydroxylamine groups is 1. The summed E-state index contributed by atoms with van der Waals surface area (Å²) in [6.45, 7) is 0.276. The van der Waals surface area contributed by atoms with Gasteiger partial charge in [-0.2, -0.15) is 18.2 Å². The Morgan fingerprint density at radius 1 is 1.16 bits per heavy atom. The molecular formula is C23H19F4N5O5. The monoisotopic (exact) mass is 521 g/mol. The highest BCUT2D eigenvalue weighted by atomic mass is 19.4. The first-order valence-electron chi connectivity index (χ1n) is 10.5. The van der Waals surface area contributed by atoms with E-state index in [4.69, 9.17) is 9.47 Å². The molecule has 0 atom stereocenters. The minimum Gasteiger partial charge on any atom is -0.495 e. The first kappa shape index (κ1) is 25.6. The van der Waals surface area contributed by atoms with Crippen LogP contribution in [0.15, 0.2) is 36.5 Å². The van der Waals surface area contributed by atoms with Crippen LogP contribution in [0.2, 0.25) is 0 Å². The van der Waals surface area contributed by atoms with Crippen LogP contribution in [0.4, 0.5) is 29.2 Å². The second kappa shape index (κ2) is 9.89. The molecule has 2 N–H and O–H groups in total. The maximum Gasteiger partial charge on any atom is 0.423 e. The van der Waals surface area contributed by atoms with Crippen molar-refractivity contribution in [1.29, 1.82) is 0 Å². The number of methoxy groups -OCH3 is 1. The molecule has 0 bridgehead atoms. The Hall–Kier alpha value is -4.46. The van der Waals surface area contributed by atoms with Crippen molar-refractivity contribution in [3.8, 4) is 17.4 Å². The second-order valence-electron chi connectivity index (χ2n) is 7.76. The van der Waals surface area contributed by atoms with Gasteiger partial charge in [-0.15, -0.1) is 0 Å². The number of carbonyl (C=O) groups is 2. The standard InChI is InChI=1S/C23H19F4N5O5/c1-32-10-11-5-4-6-16(18(11)21(32)34)37-20-13(23(25,26)27)9-28-22(30-20)29-15-8-14(24)12(7-17(15)35-2)19(33)31-36-3/h4-9H,10H2,1-3H3,(H,31,33)(H,28,29,30). The molecule has 0 radical (unpaired) electrons. The van der Waals surface area contributed by atoms with Crippen LogP contribution >= 0.6 is 0 Å². The summed E-state index contributed by atoms with van der Waals surface area (Å²) >= 11 is 0. The van der Waals surface area contributed by atoms with Gasteiger partial charge in [0.05, 0.1) is 31.0 Å². The SMILES string of the molecule is CONC(=O)c1cc(OC)c(Nc2ncc(C(F)(F)F)c(Oc3cccc4c3C(=O)N(C)C4)n2)cc1F. The van der Waals surface area contributed by atoms with Crippen molar-refractivity contribution in [2.45, 2.75) is 12.7 Å². The molecular weight excluding hydrogens is 502 g/mol. The van der Waals surface area contributed by atoms with Gasteiger partial charge in [-0.1, -0.05) is 12.1 Å². The lowest BCUT2D eigenvalue weighted by Gasteiger charge is -2.16. The Labute approximate surface area is 207 Å². The molecule has 0 fully saturated rings. The molecule has 0 saturated carbocycles. The minimum absolute atomic E-state index is 0.0388. The van der Waals surface area contributed by atoms with Gasteiger partial charge in [0.25, 0.3) is 11.8 Å². The van der Waals surface area contributed by atoms with E-state index in [1.54, 1.807) is 19.2 Å². The molecule has 0 saturated heterocycles. The van der Waals surface area contributed by atoms with E-state index >= 15 is 0 Å². The average Bonchev–Trinajstić information content (AvgIpc) is 3.13. The molecule has 194 valence electrons. The van der Waals surface area contributed by atoms with E-state index in [0.717, 1.165) is 12.1 Å². The molecule has 1 aliphatic heterocycles. The molecule has 2 amide bonds. The third-order valence-corrected chi connectivity index (χ3v) is 5.32. The summed E-state index contributed by atoms with van der Waals surface area (Å²) in [5.74, 6) is -3.71. The Morgan fingerprint density at radius 3 is 2.59 bits per heavy atom. The van der Waals surface area contributed by atoms with Crippen LogP contribution < -0.4 is 20.3 Å². The lowest BCUT2D eigenvalue weighted by atomic mass is 10.1. The predicted molar refractivity (Wildman–Crippen MR) is 120 cm³/mol. The first-order chi connectivity index (χ1) is 17.5. The van der Waals surface area contributed by atoms with Gasteiger partial charge in [-0.25, -0.2) is 14.9 Å². The average molecular weight is 521 g/mol. The number of hydrogen-bond acceptors (Lipinski definition) is 8. The Balaban J connectivity index is 1.72. The van der Waals surface area contributed by atoms with Crippen LogP contribution in [0.3, 0.4) is 0 Å². The van der Waals surface area contributed by atoms with Crippen molar-refractivity contribution in [2.75, 3.05) is 26.6 Å². The number of rotatable bonds is 7. The van der Waals surface area contributed by atoms with Crippen LogP contribution in [-0.4, -0.2) is 47.9 Å². The van der Waals surface area contributed by atoms with Crippen LogP contribution in [0.5, 0.6) is 17.4 Å². The molecule has 10 nitrogen and oxygen atoms in total. The van der Waals surface area contributed by atoms with E-state index < -0.39 is 46.8 Å². The van der Waals surface area contributed by atoms with E-state index in [-0.39, 0.29) is 29.3 Å². The summed E-state index contributed by atoms with van der Waals surface area (Å²) in [6.07, 6.45) is -4.39. The van der Waals surface area contributed by atoms with Crippen LogP contribution in [0.25, 0.3) is 0 Å². The number of nitrogens with zero attached hydrogens (tertiary/aromatic N) is 3. The number of ether oxygens (including phenoxy) is 2. The molecule has 0 aliphatic carbocycles. The van der Waals surface area contributed by atoms with Crippen molar-refractivity contribution in [1.82, 2.24) is 20.3 Å². The predicted octanol–water partition coefficient (Wildman–Crippen LogP) is 4.06. The molecule has 1 aromatic heterocycles. The summed E-state index contributed by atoms with van der Waals surface area (Å²) < 4.78 is 66.3. The van der Waals surface area contributed by atoms with Crippen LogP contribution in [0.1, 0.15) is 31.8 Å². The molecule has 0 spiro atoms. The number of benzene rings is 2. The number of fused-ring (bicyclic) bond motifs is 1. The molecule has 37 heavy (non-hydrogen) atoms. The first-order valence-corrected chi connectivity index (χ1v) is 10.5. The summed E-state index contributed by atoms with van der Waals surface area (Å²) in [6, 6.07) is 6.50. The fourth-order valence-electron chi connectivity index (χ4n) is 3.62. The third kappa shape index (κ3) is 5.09. The smallest absolute Gasteiger partial charge is 0.423 e. The number of nitrogens with one attached hydrogen (secondary N) is 2. The molecule has 2 heterocycles. The lowest BCUT2D eigenvalue weighted by molar-refractivity contribution is -0.139. The van der Waals surface area contributed by atoms with Gasteiger partial charge in [0.2, 0.25) is 11.8 Å². The van der Waals surface area contributed by atoms with E-state index in [0.29, 0.717) is 11.8 Å². The molecule has 14 heteroatoms. The molecule has 4 rings (SSSR count). The fraction of sp³-hybridized carbons (Fsp3) is 0.217. The zero-order valence-corrected chi connectivity index (χ0v) is 19.6. The highest BCUT2D eigenvalue weighted by molar-refractivity contribution is 6.01. The van der Waals surface area contributed by atoms with E-state index in [2.05, 4.69) is 20.1 Å². The Kier molecular flexibility index (Phi) is 6.85. The summed E-state index contributed by atoms with van der Waals surface area (Å²) in [5, 5.41) is 2.56. The van der Waals surface area contributed by atoms with Crippen molar-refractivity contribution in [2.24, 2.45) is 0 Å². The van der Waals surface area contributed by atoms with Gasteiger partial charge >= 0.3 is 6.18 Å². The molecule has 3 aromatic rings. The van der Waals surface area contributed by atoms with Crippen LogP contribution in [-0.2, 0) is 17.6 Å². The van der Waals surface area contributed by atoms with Gasteiger partial charge in [0, 0.05) is 25.9 Å². The maximum absolute atomic E-state index is 14.6. The maximum atomic E-state index is 14.6. The zero-order valence-electron chi connectivity index (χ0n) is 19.6. The second-order valence-corrected chi connectivity index (χ2v) is 7.76. The van der Waals surface area contributed by atoms with Gasteiger partial charge < -0.3 is 19.7 Å². The van der Waals surface area contributed by atoms with Gasteiger partial charge in [-0.3, -0.25) is 14.4 Å². The number of aromatic nitrogens is 2. The van der Waals surface area contributed by atoms with Crippen molar-refractivity contribution < 1.29 is 41.5 Å². The van der Waals surface area contributed by atoms with Crippen molar-refractivity contribution in [3.05, 3.63) is 64.6 Å². The van der Waals surface area contributed by atoms with Gasteiger partial charge in [0.1, 0.15) is 22.9 Å². The van der Waals surface area contributed by atoms with Gasteiger partial charge in [-0.05, 0) is 17.7 Å². The Morgan fingerprint density at radius 2 is 1.92 bits per heavy atom. The van der Waals surface area contributed by atoms with Crippen molar-refractivity contribution >= 4 is 23.5 Å². The van der Waals surface area contributed by atoms with Crippen LogP contribution in [0, 0.1) is 5.82 Å². The largest absolute Gasteiger partial charge is 0.495 e. The highest BCUT2D eigenvalue weighted by Crippen LogP contribution is 2.40. The summed E-state index contributed by atoms with van der Waals surface area (Å²) in [5.41, 5.74) is 0.893. The number of carbonyl (C=O) groups excluding carboxylic acids is 2. The van der Waals surface area contributed by atoms with Crippen molar-refractivity contribution in [3.63, 3.8) is 0 Å². The third-order valence-electron chi connectivity index (χ3n) is 5.32. The quantitative estimate of drug-likeness (QED) is 0.354. The number of anilines is 2. The minimum atomic E-state index is -4.88. The highest BCUT2D eigenvalue weighted by Gasteiger charge is 2.37. The Bertz CT molecular complexity index is 1380. The number of alkyl halides is 3.